The molecule has 0 fully saturated rings. The first-order chi connectivity index (χ1) is 16.2. The van der Waals surface area contributed by atoms with Gasteiger partial charge in [-0.1, -0.05) is 35.3 Å². The summed E-state index contributed by atoms with van der Waals surface area (Å²) < 4.78 is 35.1. The van der Waals surface area contributed by atoms with Crippen LogP contribution in [-0.2, 0) is 9.53 Å². The zero-order valence-corrected chi connectivity index (χ0v) is 19.6. The van der Waals surface area contributed by atoms with Crippen LogP contribution in [0.15, 0.2) is 46.8 Å². The quantitative estimate of drug-likeness (QED) is 0.536. The number of hydrogen-bond acceptors (Lipinski definition) is 6. The number of halogens is 4. The van der Waals surface area contributed by atoms with Crippen molar-refractivity contribution in [3.05, 3.63) is 94.3 Å². The van der Waals surface area contributed by atoms with Gasteiger partial charge in [0.15, 0.2) is 0 Å². The van der Waals surface area contributed by atoms with Gasteiger partial charge in [-0.05, 0) is 30.3 Å². The summed E-state index contributed by atoms with van der Waals surface area (Å²) in [5.74, 6) is -4.02. The summed E-state index contributed by atoms with van der Waals surface area (Å²) >= 11 is 13.1. The van der Waals surface area contributed by atoms with Crippen molar-refractivity contribution in [3.8, 4) is 6.07 Å². The second-order valence-electron chi connectivity index (χ2n) is 7.08. The van der Waals surface area contributed by atoms with Crippen LogP contribution in [0.1, 0.15) is 17.0 Å². The molecule has 0 saturated heterocycles. The van der Waals surface area contributed by atoms with Gasteiger partial charge in [0.2, 0.25) is 0 Å². The molecule has 0 amide bonds. The molecule has 0 saturated carbocycles. The smallest absolute Gasteiger partial charge is 0.337 e. The minimum absolute atomic E-state index is 0.00335. The largest absolute Gasteiger partial charge is 0.466 e. The second kappa shape index (κ2) is 9.06. The van der Waals surface area contributed by atoms with E-state index in [-0.39, 0.29) is 47.3 Å². The number of ether oxygens (including phenoxy) is 1. The predicted molar refractivity (Wildman–Crippen MR) is 125 cm³/mol. The number of thiazole rings is 1. The Bertz CT molecular complexity index is 1580. The van der Waals surface area contributed by atoms with Crippen LogP contribution >= 0.6 is 34.5 Å². The van der Waals surface area contributed by atoms with E-state index >= 15 is 0 Å². The van der Waals surface area contributed by atoms with Crippen LogP contribution in [0, 0.1) is 23.0 Å². The van der Waals surface area contributed by atoms with Gasteiger partial charge in [-0.3, -0.25) is 9.36 Å². The molecule has 0 radical (unpaired) electrons. The van der Waals surface area contributed by atoms with E-state index in [1.807, 2.05) is 6.07 Å². The van der Waals surface area contributed by atoms with E-state index < -0.39 is 29.1 Å². The zero-order chi connectivity index (χ0) is 24.7. The SMILES string of the molecule is COC(=O)C1=c2s/c(=C\c3c(F)cccc3Cl)c(=O)n2C(N)=C(C#N)C1c1c(F)cccc1Cl. The van der Waals surface area contributed by atoms with Gasteiger partial charge in [-0.25, -0.2) is 13.6 Å². The first-order valence-corrected chi connectivity index (χ1v) is 11.1. The number of esters is 1. The van der Waals surface area contributed by atoms with E-state index in [0.717, 1.165) is 29.1 Å². The second-order valence-corrected chi connectivity index (χ2v) is 8.92. The third kappa shape index (κ3) is 3.70. The maximum Gasteiger partial charge on any atom is 0.337 e. The van der Waals surface area contributed by atoms with E-state index in [0.29, 0.717) is 0 Å². The highest BCUT2D eigenvalue weighted by Crippen LogP contribution is 2.40. The molecule has 1 atom stereocenters. The van der Waals surface area contributed by atoms with E-state index in [4.69, 9.17) is 33.7 Å². The Morgan fingerprint density at radius 1 is 1.21 bits per heavy atom. The number of hydrogen-bond donors (Lipinski definition) is 1. The Morgan fingerprint density at radius 3 is 2.44 bits per heavy atom. The van der Waals surface area contributed by atoms with Gasteiger partial charge in [0.1, 0.15) is 22.1 Å². The van der Waals surface area contributed by atoms with Crippen molar-refractivity contribution in [1.29, 1.82) is 5.26 Å². The summed E-state index contributed by atoms with van der Waals surface area (Å²) in [6, 6.07) is 9.79. The van der Waals surface area contributed by atoms with Crippen molar-refractivity contribution in [3.63, 3.8) is 0 Å². The number of nitrogens with two attached hydrogens (primary N) is 1. The van der Waals surface area contributed by atoms with Gasteiger partial charge in [-0.2, -0.15) is 5.26 Å². The van der Waals surface area contributed by atoms with E-state index in [9.17, 15) is 23.6 Å². The number of rotatable bonds is 3. The average molecular weight is 520 g/mol. The molecule has 2 heterocycles. The zero-order valence-electron chi connectivity index (χ0n) is 17.2. The van der Waals surface area contributed by atoms with Gasteiger partial charge in [0.05, 0.1) is 39.8 Å². The molecule has 2 N–H and O–H groups in total. The van der Waals surface area contributed by atoms with Gasteiger partial charge in [0, 0.05) is 16.1 Å². The molecule has 172 valence electrons. The molecule has 1 unspecified atom stereocenters. The topological polar surface area (TPSA) is 98.1 Å². The lowest BCUT2D eigenvalue weighted by Gasteiger charge is -2.25. The fourth-order valence-corrected chi connectivity index (χ4v) is 5.35. The maximum atomic E-state index is 14.9. The van der Waals surface area contributed by atoms with Crippen LogP contribution < -0.4 is 20.5 Å². The molecule has 0 aliphatic carbocycles. The minimum Gasteiger partial charge on any atom is -0.466 e. The van der Waals surface area contributed by atoms with Crippen LogP contribution in [0.25, 0.3) is 17.5 Å². The molecule has 1 aliphatic rings. The number of nitriles is 1. The van der Waals surface area contributed by atoms with Gasteiger partial charge in [0.25, 0.3) is 5.56 Å². The number of nitrogens with zero attached hydrogens (tertiary/aromatic N) is 2. The van der Waals surface area contributed by atoms with Crippen molar-refractivity contribution in [2.45, 2.75) is 5.92 Å². The third-order valence-corrected chi connectivity index (χ3v) is 7.00. The number of fused-ring (bicyclic) bond motifs is 1. The molecule has 0 bridgehead atoms. The number of carbonyl (C=O) groups excluding carboxylic acids is 1. The summed E-state index contributed by atoms with van der Waals surface area (Å²) in [5.41, 5.74) is 4.78. The van der Waals surface area contributed by atoms with Crippen LogP contribution in [0.4, 0.5) is 8.78 Å². The highest BCUT2D eigenvalue weighted by molar-refractivity contribution is 7.07. The maximum absolute atomic E-state index is 14.9. The van der Waals surface area contributed by atoms with Crippen LogP contribution in [0.5, 0.6) is 0 Å². The summed E-state index contributed by atoms with van der Waals surface area (Å²) in [5, 5.41) is 9.88. The summed E-state index contributed by atoms with van der Waals surface area (Å²) in [4.78, 5) is 26.1. The van der Waals surface area contributed by atoms with Gasteiger partial charge >= 0.3 is 5.97 Å². The molecular formula is C23H13Cl2F2N3O3S. The summed E-state index contributed by atoms with van der Waals surface area (Å²) in [6.07, 6.45) is 1.22. The van der Waals surface area contributed by atoms with Crippen LogP contribution in [-0.4, -0.2) is 17.6 Å². The van der Waals surface area contributed by atoms with E-state index in [1.54, 1.807) is 0 Å². The fourth-order valence-electron chi connectivity index (χ4n) is 3.71. The molecule has 0 spiro atoms. The molecule has 3 aromatic rings. The van der Waals surface area contributed by atoms with Crippen molar-refractivity contribution >= 4 is 58.0 Å². The number of methoxy groups -OCH3 is 1. The Kier molecular flexibility index (Phi) is 6.32. The van der Waals surface area contributed by atoms with E-state index in [1.165, 1.54) is 36.4 Å². The summed E-state index contributed by atoms with van der Waals surface area (Å²) in [6.45, 7) is 0. The monoisotopic (exact) mass is 519 g/mol. The van der Waals surface area contributed by atoms with Crippen LogP contribution in [0.2, 0.25) is 10.0 Å². The number of carbonyl (C=O) groups is 1. The molecule has 4 rings (SSSR count). The minimum atomic E-state index is -1.34. The van der Waals surface area contributed by atoms with Crippen molar-refractivity contribution in [2.75, 3.05) is 7.11 Å². The lowest BCUT2D eigenvalue weighted by atomic mass is 9.83. The first-order valence-electron chi connectivity index (χ1n) is 9.55. The van der Waals surface area contributed by atoms with E-state index in [2.05, 4.69) is 0 Å². The Labute approximate surface area is 205 Å². The van der Waals surface area contributed by atoms with Crippen molar-refractivity contribution in [2.24, 2.45) is 5.73 Å². The third-order valence-electron chi connectivity index (χ3n) is 5.24. The standard InChI is InChI=1S/C23H13Cl2F2N3O3S/c1-33-23(32)19-17(18-13(25)5-3-7-15(18)27)11(9-28)20(29)30-21(31)16(34-22(19)30)8-10-12(24)4-2-6-14(10)26/h2-8,17H,29H2,1H3/b16-8-. The Morgan fingerprint density at radius 2 is 1.85 bits per heavy atom. The summed E-state index contributed by atoms with van der Waals surface area (Å²) in [7, 11) is 1.10. The fraction of sp³-hybridized carbons (Fsp3) is 0.0870. The normalized spacial score (nSPS) is 15.8. The highest BCUT2D eigenvalue weighted by Gasteiger charge is 2.38. The predicted octanol–water partition coefficient (Wildman–Crippen LogP) is 3.10. The van der Waals surface area contributed by atoms with Gasteiger partial charge < -0.3 is 10.5 Å². The molecule has 34 heavy (non-hydrogen) atoms. The lowest BCUT2D eigenvalue weighted by Crippen LogP contribution is -2.40. The average Bonchev–Trinajstić information content (AvgIpc) is 3.12. The highest BCUT2D eigenvalue weighted by atomic mass is 35.5. The van der Waals surface area contributed by atoms with Crippen molar-refractivity contribution in [1.82, 2.24) is 4.57 Å². The Hall–Kier alpha value is -3.45. The molecular weight excluding hydrogens is 507 g/mol. The molecule has 2 aromatic carbocycles. The first kappa shape index (κ1) is 23.7. The Balaban J connectivity index is 2.18. The number of benzene rings is 2. The molecule has 1 aliphatic heterocycles. The molecule has 1 aromatic heterocycles. The lowest BCUT2D eigenvalue weighted by molar-refractivity contribution is -0.134. The van der Waals surface area contributed by atoms with Crippen molar-refractivity contribution < 1.29 is 18.3 Å². The molecule has 11 heteroatoms. The molecule has 6 nitrogen and oxygen atoms in total. The number of aromatic nitrogens is 1. The van der Waals surface area contributed by atoms with Gasteiger partial charge in [-0.15, -0.1) is 11.3 Å². The van der Waals surface area contributed by atoms with Crippen LogP contribution in [0.3, 0.4) is 0 Å². The number of allylic oxidation sites excluding steroid dienone is 1.